The Morgan fingerprint density at radius 2 is 2.00 bits per heavy atom. The molecule has 0 bridgehead atoms. The number of carbonyl (C=O) groups excluding carboxylic acids is 1. The number of carbonyl (C=O) groups is 1. The van der Waals surface area contributed by atoms with E-state index in [0.717, 1.165) is 16.6 Å². The van der Waals surface area contributed by atoms with Gasteiger partial charge in [0.2, 0.25) is 5.17 Å². The molecule has 3 heterocycles. The summed E-state index contributed by atoms with van der Waals surface area (Å²) in [4.78, 5) is 17.0. The molecule has 0 unspecified atom stereocenters. The second kappa shape index (κ2) is 9.73. The van der Waals surface area contributed by atoms with E-state index in [4.69, 9.17) is 9.83 Å². The summed E-state index contributed by atoms with van der Waals surface area (Å²) >= 11 is 3.14. The Bertz CT molecular complexity index is 1150. The second-order valence-electron chi connectivity index (χ2n) is 8.36. The molecule has 3 aliphatic rings. The minimum absolute atomic E-state index is 0.0355. The first-order valence-electron chi connectivity index (χ1n) is 11.4. The zero-order valence-electron chi connectivity index (χ0n) is 18.5. The minimum Gasteiger partial charge on any atom is -0.450 e. The first-order chi connectivity index (χ1) is 16.1. The number of furan rings is 1. The smallest absolute Gasteiger partial charge is 0.283 e. The third kappa shape index (κ3) is 4.73. The number of hydrogen-bond donors (Lipinski definition) is 1. The highest BCUT2D eigenvalue weighted by atomic mass is 32.2. The van der Waals surface area contributed by atoms with Crippen molar-refractivity contribution in [2.45, 2.75) is 61.7 Å². The predicted molar refractivity (Wildman–Crippen MR) is 136 cm³/mol. The summed E-state index contributed by atoms with van der Waals surface area (Å²) in [7, 11) is 0. The van der Waals surface area contributed by atoms with Gasteiger partial charge in [-0.3, -0.25) is 10.2 Å². The summed E-state index contributed by atoms with van der Waals surface area (Å²) in [6.45, 7) is 2.11. The average molecular weight is 479 g/mol. The van der Waals surface area contributed by atoms with E-state index in [9.17, 15) is 4.79 Å². The van der Waals surface area contributed by atoms with Gasteiger partial charge in [-0.05, 0) is 54.8 Å². The SMILES string of the molecule is CC[C@@H](C1=NN2C(=N)/C(=C\c3ccc(SC4CCCCC4)o3)C(=O)N=C2S1)c1ccccc1. The van der Waals surface area contributed by atoms with E-state index < -0.39 is 5.91 Å². The maximum Gasteiger partial charge on any atom is 0.283 e. The first kappa shape index (κ1) is 22.2. The fourth-order valence-electron chi connectivity index (χ4n) is 4.35. The summed E-state index contributed by atoms with van der Waals surface area (Å²) < 4.78 is 5.96. The number of amidine groups is 2. The standard InChI is InChI=1S/C25H26N4O2S2/c1-2-19(16-9-5-3-6-10-16)24-28-29-22(26)20(23(30)27-25(29)33-24)15-17-13-14-21(31-17)32-18-11-7-4-8-12-18/h3,5-6,9-10,13-15,18-19,26H,2,4,7-8,11-12H2,1H3/b20-15+,26-22?/t19-/m1/s1. The molecule has 2 aliphatic heterocycles. The fraction of sp³-hybridized carbons (Fsp3) is 0.360. The molecule has 8 heteroatoms. The Hall–Kier alpha value is -2.58. The fourth-order valence-corrected chi connectivity index (χ4v) is 6.64. The number of hydrazone groups is 1. The molecular weight excluding hydrogens is 452 g/mol. The molecule has 5 rings (SSSR count). The molecule has 1 aliphatic carbocycles. The predicted octanol–water partition coefficient (Wildman–Crippen LogP) is 6.52. The first-order valence-corrected chi connectivity index (χ1v) is 13.1. The van der Waals surface area contributed by atoms with Crippen molar-refractivity contribution in [3.8, 4) is 0 Å². The van der Waals surface area contributed by atoms with Crippen LogP contribution in [0.5, 0.6) is 0 Å². The van der Waals surface area contributed by atoms with Crippen LogP contribution in [0.25, 0.3) is 6.08 Å². The number of benzene rings is 1. The van der Waals surface area contributed by atoms with Gasteiger partial charge in [0.25, 0.3) is 5.91 Å². The Kier molecular flexibility index (Phi) is 6.55. The van der Waals surface area contributed by atoms with Crippen LogP contribution in [0, 0.1) is 5.41 Å². The van der Waals surface area contributed by atoms with Crippen molar-refractivity contribution in [3.63, 3.8) is 0 Å². The Morgan fingerprint density at radius 1 is 1.21 bits per heavy atom. The van der Waals surface area contributed by atoms with E-state index in [1.54, 1.807) is 17.8 Å². The molecule has 1 amide bonds. The number of hydrogen-bond acceptors (Lipinski definition) is 6. The highest BCUT2D eigenvalue weighted by Gasteiger charge is 2.38. The summed E-state index contributed by atoms with van der Waals surface area (Å²) in [5.74, 6) is 0.269. The van der Waals surface area contributed by atoms with E-state index in [2.05, 4.69) is 29.2 Å². The summed E-state index contributed by atoms with van der Waals surface area (Å²) in [6, 6.07) is 14.0. The van der Waals surface area contributed by atoms with Crippen LogP contribution < -0.4 is 0 Å². The summed E-state index contributed by atoms with van der Waals surface area (Å²) in [6.07, 6.45) is 8.80. The van der Waals surface area contributed by atoms with Gasteiger partial charge in [-0.25, -0.2) is 0 Å². The van der Waals surface area contributed by atoms with Crippen LogP contribution in [0.4, 0.5) is 0 Å². The van der Waals surface area contributed by atoms with E-state index in [0.29, 0.717) is 16.2 Å². The molecule has 1 aromatic heterocycles. The number of rotatable bonds is 6. The van der Waals surface area contributed by atoms with E-state index in [1.165, 1.54) is 54.4 Å². The quantitative estimate of drug-likeness (QED) is 0.478. The third-order valence-electron chi connectivity index (χ3n) is 6.10. The van der Waals surface area contributed by atoms with Crippen molar-refractivity contribution in [1.29, 1.82) is 5.41 Å². The van der Waals surface area contributed by atoms with Crippen molar-refractivity contribution >= 4 is 51.6 Å². The van der Waals surface area contributed by atoms with Crippen molar-refractivity contribution in [2.75, 3.05) is 0 Å². The average Bonchev–Trinajstić information content (AvgIpc) is 3.45. The number of fused-ring (bicyclic) bond motifs is 1. The van der Waals surface area contributed by atoms with Gasteiger partial charge < -0.3 is 4.42 Å². The van der Waals surface area contributed by atoms with E-state index in [1.807, 2.05) is 30.3 Å². The number of aliphatic imine (C=N–C) groups is 1. The van der Waals surface area contributed by atoms with Crippen LogP contribution in [0.15, 0.2) is 67.6 Å². The van der Waals surface area contributed by atoms with Gasteiger partial charge in [0.15, 0.2) is 10.9 Å². The van der Waals surface area contributed by atoms with Crippen LogP contribution in [0.3, 0.4) is 0 Å². The lowest BCUT2D eigenvalue weighted by molar-refractivity contribution is -0.114. The number of nitrogens with zero attached hydrogens (tertiary/aromatic N) is 3. The third-order valence-corrected chi connectivity index (χ3v) is 8.38. The highest BCUT2D eigenvalue weighted by Crippen LogP contribution is 2.37. The van der Waals surface area contributed by atoms with Gasteiger partial charge in [0.05, 0.1) is 5.57 Å². The number of nitrogens with one attached hydrogen (secondary N) is 1. The van der Waals surface area contributed by atoms with Crippen LogP contribution in [0.1, 0.15) is 62.7 Å². The van der Waals surface area contributed by atoms with E-state index in [-0.39, 0.29) is 17.3 Å². The van der Waals surface area contributed by atoms with Gasteiger partial charge in [-0.15, -0.1) is 0 Å². The van der Waals surface area contributed by atoms with Gasteiger partial charge >= 0.3 is 0 Å². The molecule has 1 aromatic carbocycles. The van der Waals surface area contributed by atoms with Crippen molar-refractivity contribution in [2.24, 2.45) is 10.1 Å². The topological polar surface area (TPSA) is 82.0 Å². The van der Waals surface area contributed by atoms with Crippen molar-refractivity contribution < 1.29 is 9.21 Å². The normalized spacial score (nSPS) is 21.2. The molecule has 2 aromatic rings. The second-order valence-corrected chi connectivity index (χ2v) is 10.7. The zero-order valence-corrected chi connectivity index (χ0v) is 20.1. The minimum atomic E-state index is -0.430. The lowest BCUT2D eigenvalue weighted by Crippen LogP contribution is -2.35. The molecule has 0 spiro atoms. The molecule has 0 radical (unpaired) electrons. The zero-order chi connectivity index (χ0) is 22.8. The molecule has 33 heavy (non-hydrogen) atoms. The van der Waals surface area contributed by atoms with Crippen molar-refractivity contribution in [3.05, 3.63) is 59.4 Å². The summed E-state index contributed by atoms with van der Waals surface area (Å²) in [5, 5.41) is 17.5. The molecule has 170 valence electrons. The molecule has 0 saturated heterocycles. The lowest BCUT2D eigenvalue weighted by Gasteiger charge is -2.20. The van der Waals surface area contributed by atoms with Gasteiger partial charge in [-0.1, -0.05) is 68.3 Å². The maximum absolute atomic E-state index is 12.8. The lowest BCUT2D eigenvalue weighted by atomic mass is 9.98. The Labute approximate surface area is 202 Å². The largest absolute Gasteiger partial charge is 0.450 e. The molecule has 1 saturated carbocycles. The molecule has 1 atom stereocenters. The van der Waals surface area contributed by atoms with Crippen LogP contribution in [-0.4, -0.2) is 32.2 Å². The van der Waals surface area contributed by atoms with E-state index >= 15 is 0 Å². The van der Waals surface area contributed by atoms with Crippen LogP contribution >= 0.6 is 23.5 Å². The number of thioether (sulfide) groups is 2. The van der Waals surface area contributed by atoms with Crippen LogP contribution in [-0.2, 0) is 4.79 Å². The van der Waals surface area contributed by atoms with Gasteiger partial charge in [-0.2, -0.15) is 15.1 Å². The monoisotopic (exact) mass is 478 g/mol. The van der Waals surface area contributed by atoms with Crippen molar-refractivity contribution in [1.82, 2.24) is 5.01 Å². The molecule has 1 fully saturated rings. The van der Waals surface area contributed by atoms with Gasteiger partial charge in [0.1, 0.15) is 10.8 Å². The Balaban J connectivity index is 1.35. The molecule has 1 N–H and O–H groups in total. The maximum atomic E-state index is 12.8. The van der Waals surface area contributed by atoms with Gasteiger partial charge in [0, 0.05) is 11.2 Å². The van der Waals surface area contributed by atoms with Crippen LogP contribution in [0.2, 0.25) is 0 Å². The molecule has 6 nitrogen and oxygen atoms in total. The Morgan fingerprint density at radius 3 is 2.76 bits per heavy atom. The number of amides is 1. The highest BCUT2D eigenvalue weighted by molar-refractivity contribution is 8.27. The summed E-state index contributed by atoms with van der Waals surface area (Å²) in [5.41, 5.74) is 1.36. The molecular formula is C25H26N4O2S2.